The molecule has 1 aliphatic carbocycles. The van der Waals surface area contributed by atoms with Crippen molar-refractivity contribution in [2.75, 3.05) is 6.54 Å². The lowest BCUT2D eigenvalue weighted by atomic mass is 9.80. The monoisotopic (exact) mass is 295 g/mol. The summed E-state index contributed by atoms with van der Waals surface area (Å²) in [6.45, 7) is 5.59. The molecule has 0 radical (unpaired) electrons. The van der Waals surface area contributed by atoms with Gasteiger partial charge in [-0.15, -0.1) is 0 Å². The first-order valence-electron chi connectivity index (χ1n) is 7.04. The first-order valence-corrected chi connectivity index (χ1v) is 7.04. The van der Waals surface area contributed by atoms with Gasteiger partial charge >= 0.3 is 6.18 Å². The summed E-state index contributed by atoms with van der Waals surface area (Å²) in [4.78, 5) is 11.9. The Balaban J connectivity index is 2.48. The Hall–Kier alpha value is -0.780. The average molecular weight is 295 g/mol. The molecular weight excluding hydrogens is 271 g/mol. The number of halogens is 3. The van der Waals surface area contributed by atoms with Gasteiger partial charge in [-0.2, -0.15) is 13.2 Å². The lowest BCUT2D eigenvalue weighted by Crippen LogP contribution is -2.43. The average Bonchev–Trinajstić information content (AvgIpc) is 2.33. The summed E-state index contributed by atoms with van der Waals surface area (Å²) in [7, 11) is 0. The van der Waals surface area contributed by atoms with E-state index < -0.39 is 24.1 Å². The molecule has 1 aliphatic rings. The number of aliphatic hydroxyl groups excluding tert-OH is 1. The molecule has 20 heavy (non-hydrogen) atoms. The van der Waals surface area contributed by atoms with Crippen LogP contribution < -0.4 is 5.32 Å². The molecule has 0 bridgehead atoms. The van der Waals surface area contributed by atoms with Gasteiger partial charge in [0.1, 0.15) is 0 Å². The molecule has 0 aromatic carbocycles. The summed E-state index contributed by atoms with van der Waals surface area (Å²) in [5.41, 5.74) is -0.367. The number of rotatable bonds is 3. The molecule has 0 spiro atoms. The fourth-order valence-corrected chi connectivity index (χ4v) is 2.37. The predicted octanol–water partition coefficient (Wildman–Crippen LogP) is 2.88. The number of carbonyl (C=O) groups excluding carboxylic acids is 1. The van der Waals surface area contributed by atoms with Crippen LogP contribution in [0.1, 0.15) is 46.5 Å². The number of amides is 1. The lowest BCUT2D eigenvalue weighted by molar-refractivity contribution is -0.186. The van der Waals surface area contributed by atoms with Crippen molar-refractivity contribution < 1.29 is 23.1 Å². The van der Waals surface area contributed by atoms with E-state index in [2.05, 4.69) is 5.32 Å². The maximum atomic E-state index is 12.7. The number of carbonyl (C=O) groups is 1. The fraction of sp³-hybridized carbons (Fsp3) is 0.929. The van der Waals surface area contributed by atoms with E-state index >= 15 is 0 Å². The van der Waals surface area contributed by atoms with Crippen LogP contribution in [0.15, 0.2) is 0 Å². The first-order chi connectivity index (χ1) is 9.01. The Kier molecular flexibility index (Phi) is 5.46. The number of alkyl halides is 3. The van der Waals surface area contributed by atoms with E-state index in [0.29, 0.717) is 12.8 Å². The van der Waals surface area contributed by atoms with Crippen molar-refractivity contribution in [3.63, 3.8) is 0 Å². The smallest absolute Gasteiger partial charge is 0.391 e. The quantitative estimate of drug-likeness (QED) is 0.841. The van der Waals surface area contributed by atoms with Crippen molar-refractivity contribution >= 4 is 5.91 Å². The third-order valence-electron chi connectivity index (χ3n) is 3.98. The van der Waals surface area contributed by atoms with Crippen LogP contribution in [-0.2, 0) is 4.79 Å². The molecule has 0 aromatic rings. The Morgan fingerprint density at radius 1 is 1.30 bits per heavy atom. The van der Waals surface area contributed by atoms with Crippen LogP contribution in [0.3, 0.4) is 0 Å². The molecule has 3 nitrogen and oxygen atoms in total. The highest BCUT2D eigenvalue weighted by Crippen LogP contribution is 2.39. The van der Waals surface area contributed by atoms with Crippen molar-refractivity contribution in [3.05, 3.63) is 0 Å². The Morgan fingerprint density at radius 3 is 2.40 bits per heavy atom. The number of nitrogens with one attached hydrogen (secondary N) is 1. The first kappa shape index (κ1) is 17.3. The van der Waals surface area contributed by atoms with Gasteiger partial charge in [-0.3, -0.25) is 4.79 Å². The molecule has 1 fully saturated rings. The summed E-state index contributed by atoms with van der Waals surface area (Å²) in [5.74, 6) is -2.34. The second kappa shape index (κ2) is 6.33. The molecule has 0 aromatic heterocycles. The highest BCUT2D eigenvalue weighted by atomic mass is 19.4. The highest BCUT2D eigenvalue weighted by Gasteiger charge is 2.43. The second-order valence-electron chi connectivity index (χ2n) is 6.73. The van der Waals surface area contributed by atoms with E-state index in [0.717, 1.165) is 0 Å². The van der Waals surface area contributed by atoms with E-state index in [-0.39, 0.29) is 30.7 Å². The van der Waals surface area contributed by atoms with Gasteiger partial charge in [0, 0.05) is 12.5 Å². The highest BCUT2D eigenvalue weighted by molar-refractivity contribution is 5.78. The maximum absolute atomic E-state index is 12.7. The standard InChI is InChI=1S/C14H24F3NO2/c1-13(2,3)11(19)8-18-12(20)9-5-4-6-10(7-9)14(15,16)17/h9-11,19H,4-8H2,1-3H3,(H,18,20). The van der Waals surface area contributed by atoms with E-state index in [9.17, 15) is 23.1 Å². The zero-order chi connectivity index (χ0) is 15.6. The van der Waals surface area contributed by atoms with E-state index in [1.807, 2.05) is 20.8 Å². The van der Waals surface area contributed by atoms with Crippen LogP contribution in [0.25, 0.3) is 0 Å². The van der Waals surface area contributed by atoms with Gasteiger partial charge in [-0.05, 0) is 24.7 Å². The van der Waals surface area contributed by atoms with Crippen LogP contribution in [-0.4, -0.2) is 29.8 Å². The maximum Gasteiger partial charge on any atom is 0.391 e. The molecule has 118 valence electrons. The van der Waals surface area contributed by atoms with Gasteiger partial charge in [-0.1, -0.05) is 27.2 Å². The Morgan fingerprint density at radius 2 is 1.90 bits per heavy atom. The molecule has 1 rings (SSSR count). The van der Waals surface area contributed by atoms with Gasteiger partial charge in [0.2, 0.25) is 5.91 Å². The van der Waals surface area contributed by atoms with E-state index in [1.165, 1.54) is 0 Å². The minimum Gasteiger partial charge on any atom is -0.391 e. The number of aliphatic hydroxyl groups is 1. The van der Waals surface area contributed by atoms with Crippen molar-refractivity contribution in [1.82, 2.24) is 5.32 Å². The molecule has 0 heterocycles. The minimum absolute atomic E-state index is 0.0789. The van der Waals surface area contributed by atoms with Gasteiger partial charge in [0.15, 0.2) is 0 Å². The van der Waals surface area contributed by atoms with E-state index in [1.54, 1.807) is 0 Å². The summed E-state index contributed by atoms with van der Waals surface area (Å²) >= 11 is 0. The summed E-state index contributed by atoms with van der Waals surface area (Å²) < 4.78 is 38.0. The molecular formula is C14H24F3NO2. The van der Waals surface area contributed by atoms with Crippen molar-refractivity contribution in [2.45, 2.75) is 58.7 Å². The van der Waals surface area contributed by atoms with Crippen LogP contribution in [0.5, 0.6) is 0 Å². The molecule has 1 amide bonds. The fourth-order valence-electron chi connectivity index (χ4n) is 2.37. The van der Waals surface area contributed by atoms with Crippen molar-refractivity contribution in [1.29, 1.82) is 0 Å². The molecule has 0 aliphatic heterocycles. The van der Waals surface area contributed by atoms with Gasteiger partial charge in [0.05, 0.1) is 12.0 Å². The molecule has 2 N–H and O–H groups in total. The normalized spacial score (nSPS) is 26.1. The Labute approximate surface area is 117 Å². The predicted molar refractivity (Wildman–Crippen MR) is 70.0 cm³/mol. The lowest BCUT2D eigenvalue weighted by Gasteiger charge is -2.31. The summed E-state index contributed by atoms with van der Waals surface area (Å²) in [6.07, 6.45) is -4.05. The SMILES string of the molecule is CC(C)(C)C(O)CNC(=O)C1CCCC(C(F)(F)F)C1. The van der Waals surface area contributed by atoms with Crippen LogP contribution >= 0.6 is 0 Å². The molecule has 3 atom stereocenters. The molecule has 3 unspecified atom stereocenters. The zero-order valence-corrected chi connectivity index (χ0v) is 12.3. The van der Waals surface area contributed by atoms with Crippen LogP contribution in [0, 0.1) is 17.3 Å². The largest absolute Gasteiger partial charge is 0.391 e. The third kappa shape index (κ3) is 4.96. The van der Waals surface area contributed by atoms with Crippen molar-refractivity contribution in [3.8, 4) is 0 Å². The minimum atomic E-state index is -4.22. The number of hydrogen-bond donors (Lipinski definition) is 2. The van der Waals surface area contributed by atoms with Crippen LogP contribution in [0.2, 0.25) is 0 Å². The Bertz CT molecular complexity index is 336. The van der Waals surface area contributed by atoms with E-state index in [4.69, 9.17) is 0 Å². The third-order valence-corrected chi connectivity index (χ3v) is 3.98. The summed E-state index contributed by atoms with van der Waals surface area (Å²) in [6, 6.07) is 0. The topological polar surface area (TPSA) is 49.3 Å². The number of hydrogen-bond acceptors (Lipinski definition) is 2. The zero-order valence-electron chi connectivity index (χ0n) is 12.3. The van der Waals surface area contributed by atoms with Crippen molar-refractivity contribution in [2.24, 2.45) is 17.3 Å². The molecule has 1 saturated carbocycles. The van der Waals surface area contributed by atoms with Gasteiger partial charge in [-0.25, -0.2) is 0 Å². The molecule has 6 heteroatoms. The summed E-state index contributed by atoms with van der Waals surface area (Å²) in [5, 5.41) is 12.4. The van der Waals surface area contributed by atoms with Gasteiger partial charge in [0.25, 0.3) is 0 Å². The van der Waals surface area contributed by atoms with Crippen LogP contribution in [0.4, 0.5) is 13.2 Å². The van der Waals surface area contributed by atoms with Gasteiger partial charge < -0.3 is 10.4 Å². The second-order valence-corrected chi connectivity index (χ2v) is 6.73. The molecule has 0 saturated heterocycles.